The van der Waals surface area contributed by atoms with Crippen molar-refractivity contribution in [3.05, 3.63) is 66.5 Å². The molecule has 1 atom stereocenters. The summed E-state index contributed by atoms with van der Waals surface area (Å²) in [5, 5.41) is 0. The molecule has 3 aromatic rings. The van der Waals surface area contributed by atoms with Gasteiger partial charge in [-0.2, -0.15) is 0 Å². The van der Waals surface area contributed by atoms with E-state index in [9.17, 15) is 4.79 Å². The highest BCUT2D eigenvalue weighted by molar-refractivity contribution is 5.94. The summed E-state index contributed by atoms with van der Waals surface area (Å²) in [6.45, 7) is 4.52. The number of aromatic nitrogens is 4. The minimum atomic E-state index is 0.0944. The van der Waals surface area contributed by atoms with Crippen molar-refractivity contribution in [1.29, 1.82) is 0 Å². The monoisotopic (exact) mass is 361 g/mol. The molecular weight excluding hydrogens is 338 g/mol. The van der Waals surface area contributed by atoms with E-state index in [0.29, 0.717) is 11.5 Å². The van der Waals surface area contributed by atoms with Crippen molar-refractivity contribution < 1.29 is 4.79 Å². The quantitative estimate of drug-likeness (QED) is 0.716. The zero-order valence-electron chi connectivity index (χ0n) is 15.5. The smallest absolute Gasteiger partial charge is 0.253 e. The molecule has 1 fully saturated rings. The van der Waals surface area contributed by atoms with Crippen LogP contribution >= 0.6 is 0 Å². The van der Waals surface area contributed by atoms with Gasteiger partial charge in [0.2, 0.25) is 0 Å². The van der Waals surface area contributed by atoms with Gasteiger partial charge in [-0.1, -0.05) is 0 Å². The van der Waals surface area contributed by atoms with Gasteiger partial charge in [-0.05, 0) is 49.9 Å². The second-order valence-electron chi connectivity index (χ2n) is 7.07. The third-order valence-electron chi connectivity index (χ3n) is 5.15. The Morgan fingerprint density at radius 2 is 2.00 bits per heavy atom. The number of imidazole rings is 1. The fourth-order valence-electron chi connectivity index (χ4n) is 3.75. The Morgan fingerprint density at radius 3 is 2.78 bits per heavy atom. The Bertz CT molecular complexity index is 907. The van der Waals surface area contributed by atoms with Gasteiger partial charge in [-0.15, -0.1) is 0 Å². The van der Waals surface area contributed by atoms with Crippen LogP contribution in [0.1, 0.15) is 28.9 Å². The van der Waals surface area contributed by atoms with Crippen LogP contribution in [0.5, 0.6) is 0 Å². The number of rotatable bonds is 4. The number of hydrogen-bond acceptors (Lipinski definition) is 4. The highest BCUT2D eigenvalue weighted by atomic mass is 16.2. The zero-order valence-corrected chi connectivity index (χ0v) is 15.5. The van der Waals surface area contributed by atoms with Crippen molar-refractivity contribution in [3.8, 4) is 11.4 Å². The molecule has 1 unspecified atom stereocenters. The third-order valence-corrected chi connectivity index (χ3v) is 5.15. The first kappa shape index (κ1) is 17.4. The first-order valence-electron chi connectivity index (χ1n) is 9.34. The molecule has 27 heavy (non-hydrogen) atoms. The second kappa shape index (κ2) is 7.70. The normalized spacial score (nSPS) is 17.1. The molecular formula is C21H23N5O. The molecule has 3 aromatic heterocycles. The van der Waals surface area contributed by atoms with Crippen molar-refractivity contribution >= 4 is 5.91 Å². The minimum absolute atomic E-state index is 0.0944. The number of carbonyl (C=O) groups is 1. The summed E-state index contributed by atoms with van der Waals surface area (Å²) in [7, 11) is 0. The van der Waals surface area contributed by atoms with E-state index < -0.39 is 0 Å². The van der Waals surface area contributed by atoms with Crippen LogP contribution in [-0.4, -0.2) is 43.4 Å². The van der Waals surface area contributed by atoms with E-state index in [1.165, 1.54) is 0 Å². The number of pyridine rings is 2. The molecule has 4 heterocycles. The molecule has 1 saturated heterocycles. The van der Waals surface area contributed by atoms with E-state index >= 15 is 0 Å². The Labute approximate surface area is 158 Å². The summed E-state index contributed by atoms with van der Waals surface area (Å²) in [6, 6.07) is 7.53. The maximum atomic E-state index is 12.8. The molecule has 0 aliphatic carbocycles. The number of carbonyl (C=O) groups excluding carboxylic acids is 1. The number of piperidine rings is 1. The Hall–Kier alpha value is -3.02. The van der Waals surface area contributed by atoms with Gasteiger partial charge in [0.05, 0.1) is 0 Å². The topological polar surface area (TPSA) is 63.9 Å². The summed E-state index contributed by atoms with van der Waals surface area (Å²) in [6.07, 6.45) is 11.0. The molecule has 0 spiro atoms. The number of hydrogen-bond donors (Lipinski definition) is 0. The van der Waals surface area contributed by atoms with Crippen LogP contribution in [-0.2, 0) is 6.54 Å². The molecule has 0 aromatic carbocycles. The lowest BCUT2D eigenvalue weighted by atomic mass is 9.97. The average Bonchev–Trinajstić information content (AvgIpc) is 3.09. The molecule has 1 amide bonds. The predicted molar refractivity (Wildman–Crippen MR) is 103 cm³/mol. The third kappa shape index (κ3) is 3.74. The van der Waals surface area contributed by atoms with E-state index in [1.807, 2.05) is 29.4 Å². The maximum Gasteiger partial charge on any atom is 0.253 e. The highest BCUT2D eigenvalue weighted by Crippen LogP contribution is 2.24. The van der Waals surface area contributed by atoms with Crippen LogP contribution in [0.2, 0.25) is 0 Å². The van der Waals surface area contributed by atoms with Crippen LogP contribution in [0.25, 0.3) is 11.4 Å². The van der Waals surface area contributed by atoms with Crippen molar-refractivity contribution in [1.82, 2.24) is 24.4 Å². The number of aryl methyl sites for hydroxylation is 1. The first-order valence-corrected chi connectivity index (χ1v) is 9.34. The Balaban J connectivity index is 1.51. The van der Waals surface area contributed by atoms with Crippen LogP contribution in [0.15, 0.2) is 55.2 Å². The van der Waals surface area contributed by atoms with Gasteiger partial charge in [0.25, 0.3) is 5.91 Å². The van der Waals surface area contributed by atoms with Gasteiger partial charge in [-0.3, -0.25) is 14.8 Å². The molecule has 1 aliphatic rings. The van der Waals surface area contributed by atoms with Gasteiger partial charge < -0.3 is 9.47 Å². The molecule has 0 N–H and O–H groups in total. The lowest BCUT2D eigenvalue weighted by molar-refractivity contribution is 0.0662. The molecule has 6 heteroatoms. The fourth-order valence-corrected chi connectivity index (χ4v) is 3.75. The molecule has 0 radical (unpaired) electrons. The van der Waals surface area contributed by atoms with Crippen molar-refractivity contribution in [2.24, 2.45) is 5.92 Å². The van der Waals surface area contributed by atoms with Gasteiger partial charge in [0, 0.05) is 67.4 Å². The summed E-state index contributed by atoms with van der Waals surface area (Å²) in [5.41, 5.74) is 2.86. The Kier molecular flexibility index (Phi) is 4.96. The molecule has 6 nitrogen and oxygen atoms in total. The van der Waals surface area contributed by atoms with Gasteiger partial charge in [0.15, 0.2) is 0 Å². The van der Waals surface area contributed by atoms with Crippen molar-refractivity contribution in [2.45, 2.75) is 26.3 Å². The maximum absolute atomic E-state index is 12.8. The summed E-state index contributed by atoms with van der Waals surface area (Å²) in [5.74, 6) is 1.45. The van der Waals surface area contributed by atoms with E-state index in [-0.39, 0.29) is 5.91 Å². The van der Waals surface area contributed by atoms with Gasteiger partial charge >= 0.3 is 0 Å². The number of amides is 1. The second-order valence-corrected chi connectivity index (χ2v) is 7.07. The molecule has 1 aliphatic heterocycles. The van der Waals surface area contributed by atoms with E-state index in [4.69, 9.17) is 0 Å². The van der Waals surface area contributed by atoms with E-state index in [0.717, 1.165) is 49.6 Å². The minimum Gasteiger partial charge on any atom is -0.338 e. The van der Waals surface area contributed by atoms with Crippen LogP contribution in [0, 0.1) is 12.8 Å². The molecule has 0 bridgehead atoms. The fraction of sp³-hybridized carbons (Fsp3) is 0.333. The lowest BCUT2D eigenvalue weighted by Crippen LogP contribution is -2.41. The van der Waals surface area contributed by atoms with Crippen molar-refractivity contribution in [2.75, 3.05) is 13.1 Å². The number of nitrogens with zero attached hydrogens (tertiary/aromatic N) is 5. The molecule has 0 saturated carbocycles. The van der Waals surface area contributed by atoms with Crippen LogP contribution in [0.4, 0.5) is 0 Å². The first-order chi connectivity index (χ1) is 13.2. The standard InChI is InChI=1S/C21H23N5O/c1-16-12-24-20(19-5-2-8-23-13-19)26(16)15-17-4-3-11-25(14-17)21(27)18-6-9-22-10-7-18/h2,5-10,12-13,17H,3-4,11,14-15H2,1H3. The SMILES string of the molecule is Cc1cnc(-c2cccnc2)n1CC1CCCN(C(=O)c2ccncc2)C1. The van der Waals surface area contributed by atoms with Gasteiger partial charge in [-0.25, -0.2) is 4.98 Å². The predicted octanol–water partition coefficient (Wildman–Crippen LogP) is 3.20. The van der Waals surface area contributed by atoms with E-state index in [1.54, 1.807) is 30.7 Å². The van der Waals surface area contributed by atoms with Gasteiger partial charge in [0.1, 0.15) is 5.82 Å². The highest BCUT2D eigenvalue weighted by Gasteiger charge is 2.25. The summed E-state index contributed by atoms with van der Waals surface area (Å²) >= 11 is 0. The summed E-state index contributed by atoms with van der Waals surface area (Å²) < 4.78 is 2.25. The van der Waals surface area contributed by atoms with Crippen molar-refractivity contribution in [3.63, 3.8) is 0 Å². The lowest BCUT2D eigenvalue weighted by Gasteiger charge is -2.33. The number of likely N-dealkylation sites (tertiary alicyclic amines) is 1. The van der Waals surface area contributed by atoms with E-state index in [2.05, 4.69) is 26.4 Å². The average molecular weight is 361 g/mol. The Morgan fingerprint density at radius 1 is 1.15 bits per heavy atom. The van der Waals surface area contributed by atoms with Crippen LogP contribution < -0.4 is 0 Å². The van der Waals surface area contributed by atoms with Crippen LogP contribution in [0.3, 0.4) is 0 Å². The molecule has 4 rings (SSSR count). The largest absolute Gasteiger partial charge is 0.338 e. The zero-order chi connectivity index (χ0) is 18.6. The molecule has 138 valence electrons. The summed E-state index contributed by atoms with van der Waals surface area (Å²) in [4.78, 5) is 27.5.